The summed E-state index contributed by atoms with van der Waals surface area (Å²) in [7, 11) is 0. The standard InChI is InChI=1S/C45H39NS/c1-43(2,3)27-15-19-32-33-20-16-28(44(4,5)6)24-39(33)45(38(32)23-27)37-13-9-7-11-31(37)34-21-17-29(25-40(34)45)46-30-18-22-36-35-12-8-10-14-41(35)47-42(36)26-30/h7-26,46H,1-6H3. The first-order chi connectivity index (χ1) is 22.5. The van der Waals surface area contributed by atoms with Gasteiger partial charge in [0.2, 0.25) is 0 Å². The Morgan fingerprint density at radius 1 is 0.447 bits per heavy atom. The fourth-order valence-electron chi connectivity index (χ4n) is 8.16. The average Bonchev–Trinajstić information content (AvgIpc) is 3.66. The van der Waals surface area contributed by atoms with Gasteiger partial charge in [-0.2, -0.15) is 0 Å². The van der Waals surface area contributed by atoms with Crippen molar-refractivity contribution in [3.63, 3.8) is 0 Å². The predicted octanol–water partition coefficient (Wildman–Crippen LogP) is 12.7. The molecule has 6 aromatic carbocycles. The van der Waals surface area contributed by atoms with Crippen molar-refractivity contribution in [2.24, 2.45) is 0 Å². The molecule has 7 aromatic rings. The monoisotopic (exact) mass is 625 g/mol. The molecular formula is C45H39NS. The molecule has 0 saturated carbocycles. The lowest BCUT2D eigenvalue weighted by molar-refractivity contribution is 0.586. The minimum absolute atomic E-state index is 0.0388. The Morgan fingerprint density at radius 3 is 1.64 bits per heavy atom. The molecule has 0 atom stereocenters. The number of benzene rings is 6. The minimum atomic E-state index is -0.397. The van der Waals surface area contributed by atoms with Crippen LogP contribution in [0.1, 0.15) is 74.9 Å². The molecule has 9 rings (SSSR count). The number of hydrogen-bond donors (Lipinski definition) is 1. The first-order valence-corrected chi connectivity index (χ1v) is 17.6. The number of fused-ring (bicyclic) bond motifs is 13. The van der Waals surface area contributed by atoms with Gasteiger partial charge >= 0.3 is 0 Å². The molecule has 0 bridgehead atoms. The zero-order valence-corrected chi connectivity index (χ0v) is 28.8. The highest BCUT2D eigenvalue weighted by Crippen LogP contribution is 2.63. The highest BCUT2D eigenvalue weighted by atomic mass is 32.1. The molecule has 0 radical (unpaired) electrons. The molecule has 2 aliphatic rings. The Morgan fingerprint density at radius 2 is 0.957 bits per heavy atom. The zero-order chi connectivity index (χ0) is 32.3. The molecule has 0 unspecified atom stereocenters. The van der Waals surface area contributed by atoms with Gasteiger partial charge in [-0.05, 0) is 96.8 Å². The van der Waals surface area contributed by atoms with Crippen molar-refractivity contribution < 1.29 is 0 Å². The maximum atomic E-state index is 3.83. The zero-order valence-electron chi connectivity index (χ0n) is 28.0. The molecule has 0 fully saturated rings. The topological polar surface area (TPSA) is 12.0 Å². The first-order valence-electron chi connectivity index (χ1n) is 16.8. The SMILES string of the molecule is CC(C)(C)c1ccc2c(c1)C1(c3ccccc3-c3ccc(Nc4ccc5c(c4)sc4ccccc45)cc31)c1cc(C(C)(C)C)ccc1-2. The summed E-state index contributed by atoms with van der Waals surface area (Å²) in [6.45, 7) is 14.0. The van der Waals surface area contributed by atoms with Crippen LogP contribution in [0.5, 0.6) is 0 Å². The first kappa shape index (κ1) is 28.6. The number of thiophene rings is 1. The molecular weight excluding hydrogens is 587 g/mol. The average molecular weight is 626 g/mol. The lowest BCUT2D eigenvalue weighted by Crippen LogP contribution is -2.27. The van der Waals surface area contributed by atoms with Gasteiger partial charge in [-0.15, -0.1) is 11.3 Å². The Bertz CT molecular complexity index is 2350. The van der Waals surface area contributed by atoms with Crippen LogP contribution in [0.4, 0.5) is 11.4 Å². The summed E-state index contributed by atoms with van der Waals surface area (Å²) in [4.78, 5) is 0. The smallest absolute Gasteiger partial charge is 0.0726 e. The van der Waals surface area contributed by atoms with Gasteiger partial charge in [0.05, 0.1) is 5.41 Å². The van der Waals surface area contributed by atoms with Crippen LogP contribution in [-0.4, -0.2) is 0 Å². The van der Waals surface area contributed by atoms with E-state index in [0.717, 1.165) is 11.4 Å². The van der Waals surface area contributed by atoms with E-state index in [1.165, 1.54) is 75.8 Å². The molecule has 0 amide bonds. The number of anilines is 2. The second-order valence-electron chi connectivity index (χ2n) is 15.5. The molecule has 1 N–H and O–H groups in total. The van der Waals surface area contributed by atoms with Crippen LogP contribution in [0.2, 0.25) is 0 Å². The summed E-state index contributed by atoms with van der Waals surface area (Å²) in [5.41, 5.74) is 15.6. The van der Waals surface area contributed by atoms with Gasteiger partial charge in [0, 0.05) is 31.5 Å². The van der Waals surface area contributed by atoms with Crippen LogP contribution in [0.3, 0.4) is 0 Å². The van der Waals surface area contributed by atoms with Gasteiger partial charge in [0.1, 0.15) is 0 Å². The van der Waals surface area contributed by atoms with Crippen molar-refractivity contribution in [2.75, 3.05) is 5.32 Å². The highest BCUT2D eigenvalue weighted by molar-refractivity contribution is 7.25. The third-order valence-electron chi connectivity index (χ3n) is 10.6. The second-order valence-corrected chi connectivity index (χ2v) is 16.6. The maximum Gasteiger partial charge on any atom is 0.0726 e. The van der Waals surface area contributed by atoms with E-state index in [2.05, 4.69) is 168 Å². The second kappa shape index (κ2) is 9.69. The summed E-state index contributed by atoms with van der Waals surface area (Å²) in [5.74, 6) is 0. The van der Waals surface area contributed by atoms with Crippen LogP contribution in [0.25, 0.3) is 42.4 Å². The normalized spacial score (nSPS) is 14.3. The molecule has 230 valence electrons. The van der Waals surface area contributed by atoms with Crippen LogP contribution < -0.4 is 5.32 Å². The van der Waals surface area contributed by atoms with Gasteiger partial charge in [-0.1, -0.05) is 133 Å². The van der Waals surface area contributed by atoms with E-state index < -0.39 is 5.41 Å². The van der Waals surface area contributed by atoms with E-state index in [0.29, 0.717) is 0 Å². The summed E-state index contributed by atoms with van der Waals surface area (Å²) < 4.78 is 2.64. The Balaban J connectivity index is 1.28. The van der Waals surface area contributed by atoms with Gasteiger partial charge in [-0.3, -0.25) is 0 Å². The maximum absolute atomic E-state index is 3.83. The molecule has 1 heterocycles. The van der Waals surface area contributed by atoms with Gasteiger partial charge in [0.25, 0.3) is 0 Å². The summed E-state index contributed by atoms with van der Waals surface area (Å²) in [6.07, 6.45) is 0. The molecule has 1 aromatic heterocycles. The number of hydrogen-bond acceptors (Lipinski definition) is 2. The van der Waals surface area contributed by atoms with Gasteiger partial charge < -0.3 is 5.32 Å². The van der Waals surface area contributed by atoms with E-state index in [1.54, 1.807) is 0 Å². The lowest BCUT2D eigenvalue weighted by atomic mass is 9.68. The van der Waals surface area contributed by atoms with E-state index in [4.69, 9.17) is 0 Å². The van der Waals surface area contributed by atoms with Gasteiger partial charge in [-0.25, -0.2) is 0 Å². The fourth-order valence-corrected chi connectivity index (χ4v) is 9.31. The largest absolute Gasteiger partial charge is 0.355 e. The highest BCUT2D eigenvalue weighted by Gasteiger charge is 2.52. The molecule has 1 spiro atoms. The quantitative estimate of drug-likeness (QED) is 0.201. The lowest BCUT2D eigenvalue weighted by Gasteiger charge is -2.33. The molecule has 2 aliphatic carbocycles. The van der Waals surface area contributed by atoms with Crippen molar-refractivity contribution in [3.05, 3.63) is 155 Å². The van der Waals surface area contributed by atoms with Crippen LogP contribution in [-0.2, 0) is 16.2 Å². The summed E-state index contributed by atoms with van der Waals surface area (Å²) in [6, 6.07) is 46.2. The van der Waals surface area contributed by atoms with Crippen molar-refractivity contribution in [1.29, 1.82) is 0 Å². The van der Waals surface area contributed by atoms with Crippen LogP contribution >= 0.6 is 11.3 Å². The number of nitrogens with one attached hydrogen (secondary N) is 1. The molecule has 47 heavy (non-hydrogen) atoms. The van der Waals surface area contributed by atoms with Crippen LogP contribution in [0, 0.1) is 0 Å². The van der Waals surface area contributed by atoms with Crippen molar-refractivity contribution in [2.45, 2.75) is 57.8 Å². The molecule has 1 nitrogen and oxygen atoms in total. The van der Waals surface area contributed by atoms with E-state index in [1.807, 2.05) is 11.3 Å². The molecule has 0 aliphatic heterocycles. The molecule has 2 heteroatoms. The Hall–Kier alpha value is -4.66. The summed E-state index contributed by atoms with van der Waals surface area (Å²) in [5, 5.41) is 6.48. The number of rotatable bonds is 2. The minimum Gasteiger partial charge on any atom is -0.355 e. The third-order valence-corrected chi connectivity index (χ3v) is 11.7. The van der Waals surface area contributed by atoms with Crippen LogP contribution in [0.15, 0.2) is 121 Å². The Labute approximate surface area is 281 Å². The van der Waals surface area contributed by atoms with E-state index in [-0.39, 0.29) is 10.8 Å². The van der Waals surface area contributed by atoms with E-state index >= 15 is 0 Å². The van der Waals surface area contributed by atoms with Crippen molar-refractivity contribution in [1.82, 2.24) is 0 Å². The third kappa shape index (κ3) is 4.07. The summed E-state index contributed by atoms with van der Waals surface area (Å²) >= 11 is 1.86. The van der Waals surface area contributed by atoms with Crippen molar-refractivity contribution >= 4 is 42.9 Å². The predicted molar refractivity (Wildman–Crippen MR) is 203 cm³/mol. The van der Waals surface area contributed by atoms with E-state index in [9.17, 15) is 0 Å². The van der Waals surface area contributed by atoms with Crippen molar-refractivity contribution in [3.8, 4) is 22.3 Å². The molecule has 0 saturated heterocycles. The Kier molecular flexibility index (Phi) is 5.88. The van der Waals surface area contributed by atoms with Gasteiger partial charge in [0.15, 0.2) is 0 Å². The fraction of sp³-hybridized carbons (Fsp3) is 0.200.